The van der Waals surface area contributed by atoms with Gasteiger partial charge in [0.05, 0.1) is 24.8 Å². The Morgan fingerprint density at radius 3 is 2.81 bits per heavy atom. The third-order valence-electron chi connectivity index (χ3n) is 5.68. The summed E-state index contributed by atoms with van der Waals surface area (Å²) in [5.74, 6) is 0.962. The van der Waals surface area contributed by atoms with E-state index in [9.17, 15) is 22.8 Å². The van der Waals surface area contributed by atoms with Crippen molar-refractivity contribution >= 4 is 23.0 Å². The molecule has 2 aromatic carbocycles. The predicted octanol–water partition coefficient (Wildman–Crippen LogP) is 3.22. The largest absolute Gasteiger partial charge is 0.454 e. The highest BCUT2D eigenvalue weighted by molar-refractivity contribution is 5.91. The Morgan fingerprint density at radius 1 is 1.14 bits per heavy atom. The number of hydrogen-bond acceptors (Lipinski definition) is 6. The molecule has 4 aromatic rings. The van der Waals surface area contributed by atoms with Gasteiger partial charge < -0.3 is 14.8 Å². The van der Waals surface area contributed by atoms with E-state index in [4.69, 9.17) is 9.47 Å². The predicted molar refractivity (Wildman–Crippen MR) is 127 cm³/mol. The quantitative estimate of drug-likeness (QED) is 0.383. The Hall–Kier alpha value is -4.61. The van der Waals surface area contributed by atoms with Crippen molar-refractivity contribution in [1.29, 1.82) is 0 Å². The van der Waals surface area contributed by atoms with Crippen LogP contribution in [0.4, 0.5) is 13.2 Å². The van der Waals surface area contributed by atoms with Crippen LogP contribution in [0.25, 0.3) is 17.1 Å². The first-order valence-electron chi connectivity index (χ1n) is 11.2. The fourth-order valence-corrected chi connectivity index (χ4v) is 3.85. The topological polar surface area (TPSA) is 100 Å². The molecule has 0 saturated carbocycles. The molecule has 12 heteroatoms. The zero-order valence-electron chi connectivity index (χ0n) is 19.2. The van der Waals surface area contributed by atoms with Crippen LogP contribution in [0.2, 0.25) is 0 Å². The van der Waals surface area contributed by atoms with Crippen LogP contribution in [-0.4, -0.2) is 38.6 Å². The second kappa shape index (κ2) is 9.80. The number of benzene rings is 2. The molecule has 3 heterocycles. The summed E-state index contributed by atoms with van der Waals surface area (Å²) in [6, 6.07) is 10.1. The van der Waals surface area contributed by atoms with Crippen molar-refractivity contribution in [3.63, 3.8) is 0 Å². The molecule has 0 fully saturated rings. The Labute approximate surface area is 207 Å². The summed E-state index contributed by atoms with van der Waals surface area (Å²) >= 11 is 0. The van der Waals surface area contributed by atoms with Crippen molar-refractivity contribution in [2.75, 3.05) is 13.3 Å². The molecule has 1 aliphatic rings. The monoisotopic (exact) mass is 511 g/mol. The summed E-state index contributed by atoms with van der Waals surface area (Å²) in [6.07, 6.45) is 1.20. The van der Waals surface area contributed by atoms with Gasteiger partial charge in [0, 0.05) is 12.6 Å². The molecule has 190 valence electrons. The molecule has 0 bridgehead atoms. The van der Waals surface area contributed by atoms with Crippen LogP contribution in [0.15, 0.2) is 65.9 Å². The lowest BCUT2D eigenvalue weighted by molar-refractivity contribution is -0.137. The molecule has 1 aliphatic heterocycles. The Balaban J connectivity index is 1.21. The van der Waals surface area contributed by atoms with E-state index in [2.05, 4.69) is 15.4 Å². The molecule has 0 aliphatic carbocycles. The number of nitrogens with zero attached hydrogens (tertiary/aromatic N) is 4. The highest BCUT2D eigenvalue weighted by atomic mass is 19.4. The lowest BCUT2D eigenvalue weighted by atomic mass is 10.1. The highest BCUT2D eigenvalue weighted by Gasteiger charge is 2.30. The molecule has 0 spiro atoms. The average Bonchev–Trinajstić information content (AvgIpc) is 3.51. The molecular weight excluding hydrogens is 491 g/mol. The molecule has 1 N–H and O–H groups in total. The lowest BCUT2D eigenvalue weighted by Crippen LogP contribution is -2.26. The van der Waals surface area contributed by atoms with Crippen LogP contribution in [-0.2, 0) is 24.1 Å². The van der Waals surface area contributed by atoms with E-state index >= 15 is 0 Å². The van der Waals surface area contributed by atoms with E-state index in [-0.39, 0.29) is 37.7 Å². The van der Waals surface area contributed by atoms with Crippen LogP contribution < -0.4 is 20.3 Å². The van der Waals surface area contributed by atoms with E-state index in [1.807, 2.05) is 0 Å². The van der Waals surface area contributed by atoms with Gasteiger partial charge in [0.2, 0.25) is 12.7 Å². The molecule has 2 aromatic heterocycles. The molecule has 0 radical (unpaired) electrons. The van der Waals surface area contributed by atoms with Gasteiger partial charge in [-0.1, -0.05) is 18.2 Å². The Morgan fingerprint density at radius 2 is 1.97 bits per heavy atom. The van der Waals surface area contributed by atoms with Gasteiger partial charge in [0.1, 0.15) is 11.7 Å². The van der Waals surface area contributed by atoms with E-state index in [0.717, 1.165) is 17.7 Å². The average molecular weight is 511 g/mol. The van der Waals surface area contributed by atoms with Crippen LogP contribution in [0, 0.1) is 0 Å². The number of fused-ring (bicyclic) bond motifs is 2. The summed E-state index contributed by atoms with van der Waals surface area (Å²) in [5, 5.41) is 7.14. The fourth-order valence-electron chi connectivity index (χ4n) is 3.85. The van der Waals surface area contributed by atoms with Crippen LogP contribution in [0.1, 0.15) is 16.7 Å². The van der Waals surface area contributed by atoms with Gasteiger partial charge in [-0.25, -0.2) is 9.67 Å². The molecule has 1 amide bonds. The van der Waals surface area contributed by atoms with E-state index < -0.39 is 17.3 Å². The normalized spacial score (nSPS) is 12.9. The van der Waals surface area contributed by atoms with Crippen molar-refractivity contribution in [2.24, 2.45) is 0 Å². The van der Waals surface area contributed by atoms with Gasteiger partial charge >= 0.3 is 6.18 Å². The molecular formula is C25H20F3N5O4. The number of halogens is 3. The maximum absolute atomic E-state index is 13.0. The third-order valence-corrected chi connectivity index (χ3v) is 5.68. The number of nitrogens with one attached hydrogen (secondary N) is 1. The minimum atomic E-state index is -4.47. The van der Waals surface area contributed by atoms with Crippen molar-refractivity contribution < 1.29 is 27.4 Å². The van der Waals surface area contributed by atoms with E-state index in [1.54, 1.807) is 24.3 Å². The van der Waals surface area contributed by atoms with Crippen molar-refractivity contribution in [2.45, 2.75) is 19.3 Å². The highest BCUT2D eigenvalue weighted by Crippen LogP contribution is 2.33. The summed E-state index contributed by atoms with van der Waals surface area (Å²) < 4.78 is 52.2. The van der Waals surface area contributed by atoms with Gasteiger partial charge in [-0.05, 0) is 41.5 Å². The number of alkyl halides is 3. The SMILES string of the molecule is O=C(C=Cc1ccc2c(c1)OCO2)NCCn1ncc2c(=O)n(Cc3cccc(C(F)(F)F)c3)cnc21. The van der Waals surface area contributed by atoms with Gasteiger partial charge in [-0.3, -0.25) is 14.2 Å². The van der Waals surface area contributed by atoms with Gasteiger partial charge in [-0.15, -0.1) is 0 Å². The number of carbonyl (C=O) groups excluding carboxylic acids is 1. The van der Waals surface area contributed by atoms with Crippen LogP contribution in [0.5, 0.6) is 11.5 Å². The zero-order valence-corrected chi connectivity index (χ0v) is 19.2. The molecule has 9 nitrogen and oxygen atoms in total. The van der Waals surface area contributed by atoms with E-state index in [0.29, 0.717) is 22.7 Å². The van der Waals surface area contributed by atoms with Gasteiger partial charge in [-0.2, -0.15) is 18.3 Å². The number of rotatable bonds is 7. The van der Waals surface area contributed by atoms with Gasteiger partial charge in [0.15, 0.2) is 17.1 Å². The van der Waals surface area contributed by atoms with Gasteiger partial charge in [0.25, 0.3) is 5.56 Å². The maximum atomic E-state index is 13.0. The molecule has 0 unspecified atom stereocenters. The number of carbonyl (C=O) groups is 1. The zero-order chi connectivity index (χ0) is 26.0. The molecule has 5 rings (SSSR count). The molecule has 37 heavy (non-hydrogen) atoms. The lowest BCUT2D eigenvalue weighted by Gasteiger charge is -2.10. The number of hydrogen-bond donors (Lipinski definition) is 1. The summed E-state index contributed by atoms with van der Waals surface area (Å²) in [5.41, 5.74) is 0.206. The van der Waals surface area contributed by atoms with Crippen LogP contribution in [0.3, 0.4) is 0 Å². The minimum absolute atomic E-state index is 0.0668. The first kappa shape index (κ1) is 24.1. The first-order valence-corrected chi connectivity index (χ1v) is 11.2. The van der Waals surface area contributed by atoms with Crippen molar-refractivity contribution in [1.82, 2.24) is 24.6 Å². The summed E-state index contributed by atoms with van der Waals surface area (Å²) in [6.45, 7) is 0.597. The Bertz CT molecular complexity index is 1560. The maximum Gasteiger partial charge on any atom is 0.416 e. The molecule has 0 atom stereocenters. The molecule has 0 saturated heterocycles. The number of ether oxygens (including phenoxy) is 2. The number of amides is 1. The summed E-state index contributed by atoms with van der Waals surface area (Å²) in [7, 11) is 0. The minimum Gasteiger partial charge on any atom is -0.454 e. The van der Waals surface area contributed by atoms with Crippen molar-refractivity contribution in [3.05, 3.63) is 88.1 Å². The second-order valence-corrected chi connectivity index (χ2v) is 8.22. The standard InChI is InChI=1S/C25H20F3N5O4/c26-25(27,28)18-3-1-2-17(10-18)13-32-14-30-23-19(24(32)35)12-31-33(23)9-8-29-22(34)7-5-16-4-6-20-21(11-16)37-15-36-20/h1-7,10-12,14H,8-9,13,15H2,(H,29,34). The van der Waals surface area contributed by atoms with Crippen molar-refractivity contribution in [3.8, 4) is 11.5 Å². The number of aromatic nitrogens is 4. The Kier molecular flexibility index (Phi) is 6.38. The third kappa shape index (κ3) is 5.32. The van der Waals surface area contributed by atoms with E-state index in [1.165, 1.54) is 40.0 Å². The van der Waals surface area contributed by atoms with Crippen LogP contribution >= 0.6 is 0 Å². The first-order chi connectivity index (χ1) is 17.8. The second-order valence-electron chi connectivity index (χ2n) is 8.22. The fraction of sp³-hybridized carbons (Fsp3) is 0.200. The smallest absolute Gasteiger partial charge is 0.416 e. The summed E-state index contributed by atoms with van der Waals surface area (Å²) in [4.78, 5) is 29.3.